The number of nitrogens with one attached hydrogen (secondary N) is 1. The van der Waals surface area contributed by atoms with E-state index >= 15 is 0 Å². The topological polar surface area (TPSA) is 24.5 Å². The summed E-state index contributed by atoms with van der Waals surface area (Å²) in [5.41, 5.74) is 0.359. The summed E-state index contributed by atoms with van der Waals surface area (Å²) in [7, 11) is 2.18. The molecule has 0 aromatic carbocycles. The summed E-state index contributed by atoms with van der Waals surface area (Å²) in [4.78, 5) is 2.41. The Bertz CT molecular complexity index is 141. The maximum absolute atomic E-state index is 5.42. The van der Waals surface area contributed by atoms with Gasteiger partial charge in [-0.2, -0.15) is 0 Å². The number of nitrogens with zero attached hydrogens (tertiary/aromatic N) is 1. The second kappa shape index (κ2) is 4.63. The van der Waals surface area contributed by atoms with Crippen molar-refractivity contribution in [1.29, 1.82) is 0 Å². The molecule has 0 atom stereocenters. The molecule has 2 aliphatic rings. The average Bonchev–Trinajstić information content (AvgIpc) is 1.85. The van der Waals surface area contributed by atoms with Crippen LogP contribution < -0.4 is 5.32 Å². The monoisotopic (exact) mass is 214 g/mol. The highest BCUT2D eigenvalue weighted by Crippen LogP contribution is 2.21. The lowest BCUT2D eigenvalue weighted by Gasteiger charge is -2.51. The summed E-state index contributed by atoms with van der Waals surface area (Å²) in [6.45, 7) is 5.10. The molecule has 74 valence electrons. The van der Waals surface area contributed by atoms with E-state index in [1.807, 2.05) is 0 Å². The first-order valence-electron chi connectivity index (χ1n) is 3.83. The molecule has 12 heavy (non-hydrogen) atoms. The fourth-order valence-electron chi connectivity index (χ4n) is 1.60. The zero-order chi connectivity index (χ0) is 7.03. The van der Waals surface area contributed by atoms with Crippen LogP contribution in [0.25, 0.3) is 0 Å². The van der Waals surface area contributed by atoms with Crippen LogP contribution in [0.15, 0.2) is 0 Å². The molecule has 0 bridgehead atoms. The van der Waals surface area contributed by atoms with E-state index in [0.29, 0.717) is 5.54 Å². The number of likely N-dealkylation sites (N-methyl/N-ethyl adjacent to an activating group) is 1. The zero-order valence-electron chi connectivity index (χ0n) is 7.21. The molecule has 2 fully saturated rings. The molecule has 2 saturated heterocycles. The molecule has 2 rings (SSSR count). The Morgan fingerprint density at radius 2 is 2.00 bits per heavy atom. The number of halogens is 2. The van der Waals surface area contributed by atoms with Crippen molar-refractivity contribution < 1.29 is 4.74 Å². The summed E-state index contributed by atoms with van der Waals surface area (Å²) in [5, 5.41) is 3.28. The van der Waals surface area contributed by atoms with Crippen molar-refractivity contribution in [2.75, 3.05) is 39.9 Å². The van der Waals surface area contributed by atoms with Crippen molar-refractivity contribution in [2.45, 2.75) is 5.54 Å². The van der Waals surface area contributed by atoms with E-state index in [4.69, 9.17) is 4.74 Å². The second-order valence-corrected chi connectivity index (χ2v) is 3.30. The molecule has 0 unspecified atom stereocenters. The van der Waals surface area contributed by atoms with Gasteiger partial charge in [-0.05, 0) is 7.05 Å². The zero-order valence-corrected chi connectivity index (χ0v) is 8.84. The Kier molecular flexibility index (Phi) is 4.81. The lowest BCUT2D eigenvalue weighted by Crippen LogP contribution is -2.72. The van der Waals surface area contributed by atoms with Gasteiger partial charge in [-0.25, -0.2) is 0 Å². The van der Waals surface area contributed by atoms with Crippen LogP contribution in [-0.4, -0.2) is 50.3 Å². The minimum Gasteiger partial charge on any atom is -0.378 e. The Balaban J connectivity index is 0.000000605. The predicted molar refractivity (Wildman–Crippen MR) is 53.5 cm³/mol. The molecule has 5 heteroatoms. The van der Waals surface area contributed by atoms with Crippen LogP contribution in [0.2, 0.25) is 0 Å². The standard InChI is InChI=1S/C7H14N2O.2ClH/c1-9-2-3-10-6-7(9)4-8-5-7;;/h8H,2-6H2,1H3;2*1H. The lowest BCUT2D eigenvalue weighted by molar-refractivity contribution is -0.0801. The summed E-state index contributed by atoms with van der Waals surface area (Å²) < 4.78 is 5.42. The molecule has 0 aromatic rings. The summed E-state index contributed by atoms with van der Waals surface area (Å²) in [6, 6.07) is 0. The molecule has 1 N–H and O–H groups in total. The number of hydrogen-bond donors (Lipinski definition) is 1. The van der Waals surface area contributed by atoms with Crippen LogP contribution in [0.5, 0.6) is 0 Å². The Morgan fingerprint density at radius 1 is 1.33 bits per heavy atom. The van der Waals surface area contributed by atoms with E-state index < -0.39 is 0 Å². The first-order chi connectivity index (χ1) is 4.83. The van der Waals surface area contributed by atoms with Crippen molar-refractivity contribution >= 4 is 24.8 Å². The third-order valence-electron chi connectivity index (χ3n) is 2.66. The van der Waals surface area contributed by atoms with Crippen molar-refractivity contribution in [2.24, 2.45) is 0 Å². The van der Waals surface area contributed by atoms with E-state index in [1.165, 1.54) is 0 Å². The molecule has 0 aromatic heterocycles. The van der Waals surface area contributed by atoms with Gasteiger partial charge in [0.15, 0.2) is 0 Å². The van der Waals surface area contributed by atoms with Gasteiger partial charge >= 0.3 is 0 Å². The average molecular weight is 215 g/mol. The normalized spacial score (nSPS) is 26.8. The van der Waals surface area contributed by atoms with Crippen molar-refractivity contribution in [3.05, 3.63) is 0 Å². The van der Waals surface area contributed by atoms with E-state index in [9.17, 15) is 0 Å². The van der Waals surface area contributed by atoms with Gasteiger partial charge in [-0.15, -0.1) is 24.8 Å². The fourth-order valence-corrected chi connectivity index (χ4v) is 1.60. The molecule has 1 spiro atoms. The smallest absolute Gasteiger partial charge is 0.0692 e. The highest BCUT2D eigenvalue weighted by atomic mass is 35.5. The highest BCUT2D eigenvalue weighted by Gasteiger charge is 2.42. The maximum Gasteiger partial charge on any atom is 0.0692 e. The molecule has 0 aliphatic carbocycles. The summed E-state index contributed by atoms with van der Waals surface area (Å²) >= 11 is 0. The number of hydrogen-bond acceptors (Lipinski definition) is 3. The third kappa shape index (κ3) is 1.86. The van der Waals surface area contributed by atoms with Gasteiger partial charge in [0.2, 0.25) is 0 Å². The SMILES string of the molecule is CN1CCOCC12CNC2.Cl.Cl. The minimum absolute atomic E-state index is 0. The Labute approximate surface area is 85.6 Å². The minimum atomic E-state index is 0. The van der Waals surface area contributed by atoms with Gasteiger partial charge in [0, 0.05) is 19.6 Å². The predicted octanol–water partition coefficient (Wildman–Crippen LogP) is 0.134. The van der Waals surface area contributed by atoms with E-state index in [0.717, 1.165) is 32.8 Å². The van der Waals surface area contributed by atoms with Gasteiger partial charge in [-0.3, -0.25) is 4.90 Å². The van der Waals surface area contributed by atoms with Gasteiger partial charge < -0.3 is 10.1 Å². The Morgan fingerprint density at radius 3 is 2.33 bits per heavy atom. The third-order valence-corrected chi connectivity index (χ3v) is 2.66. The van der Waals surface area contributed by atoms with Crippen LogP contribution in [-0.2, 0) is 4.74 Å². The van der Waals surface area contributed by atoms with Crippen LogP contribution in [0.4, 0.5) is 0 Å². The molecular weight excluding hydrogens is 199 g/mol. The number of ether oxygens (including phenoxy) is 1. The molecule has 0 saturated carbocycles. The first kappa shape index (κ1) is 12.5. The van der Waals surface area contributed by atoms with Gasteiger partial charge in [0.1, 0.15) is 0 Å². The van der Waals surface area contributed by atoms with Crippen molar-refractivity contribution in [3.63, 3.8) is 0 Å². The molecule has 3 nitrogen and oxygen atoms in total. The Hall–Kier alpha value is 0.460. The van der Waals surface area contributed by atoms with Crippen LogP contribution in [0.3, 0.4) is 0 Å². The van der Waals surface area contributed by atoms with Crippen molar-refractivity contribution in [1.82, 2.24) is 10.2 Å². The van der Waals surface area contributed by atoms with Crippen LogP contribution in [0.1, 0.15) is 0 Å². The van der Waals surface area contributed by atoms with Crippen LogP contribution in [0, 0.1) is 0 Å². The highest BCUT2D eigenvalue weighted by molar-refractivity contribution is 5.85. The summed E-state index contributed by atoms with van der Waals surface area (Å²) in [5.74, 6) is 0. The van der Waals surface area contributed by atoms with E-state index in [-0.39, 0.29) is 24.8 Å². The lowest BCUT2D eigenvalue weighted by atomic mass is 9.91. The fraction of sp³-hybridized carbons (Fsp3) is 1.00. The molecule has 0 radical (unpaired) electrons. The van der Waals surface area contributed by atoms with Gasteiger partial charge in [0.25, 0.3) is 0 Å². The molecule has 2 heterocycles. The molecule has 0 amide bonds. The quantitative estimate of drug-likeness (QED) is 0.621. The maximum atomic E-state index is 5.42. The molecule has 2 aliphatic heterocycles. The number of morpholine rings is 1. The second-order valence-electron chi connectivity index (χ2n) is 3.30. The summed E-state index contributed by atoms with van der Waals surface area (Å²) in [6.07, 6.45) is 0. The van der Waals surface area contributed by atoms with Crippen molar-refractivity contribution in [3.8, 4) is 0 Å². The first-order valence-corrected chi connectivity index (χ1v) is 3.83. The van der Waals surface area contributed by atoms with E-state index in [2.05, 4.69) is 17.3 Å². The van der Waals surface area contributed by atoms with Gasteiger partial charge in [-0.1, -0.05) is 0 Å². The van der Waals surface area contributed by atoms with Gasteiger partial charge in [0.05, 0.1) is 18.8 Å². The molecular formula is C7H16Cl2N2O. The number of rotatable bonds is 0. The van der Waals surface area contributed by atoms with E-state index in [1.54, 1.807) is 0 Å². The largest absolute Gasteiger partial charge is 0.378 e. The van der Waals surface area contributed by atoms with Crippen LogP contribution >= 0.6 is 24.8 Å².